The van der Waals surface area contributed by atoms with Gasteiger partial charge in [0, 0.05) is 30.6 Å². The predicted octanol–water partition coefficient (Wildman–Crippen LogP) is 4.04. The van der Waals surface area contributed by atoms with Gasteiger partial charge in [-0.25, -0.2) is 4.98 Å². The molecule has 3 aliphatic heterocycles. The Hall–Kier alpha value is -3.47. The molecule has 4 heterocycles. The van der Waals surface area contributed by atoms with Crippen molar-refractivity contribution in [3.8, 4) is 0 Å². The maximum Gasteiger partial charge on any atom is 0.433 e. The van der Waals surface area contributed by atoms with Gasteiger partial charge in [-0.3, -0.25) is 9.59 Å². The number of halogens is 3. The summed E-state index contributed by atoms with van der Waals surface area (Å²) >= 11 is 0. The molecule has 3 fully saturated rings. The van der Waals surface area contributed by atoms with E-state index in [1.807, 2.05) is 4.90 Å². The molecule has 2 saturated heterocycles. The number of ether oxygens (including phenoxy) is 1. The molecule has 1 aromatic heterocycles. The smallest absolute Gasteiger partial charge is 0.374 e. The summed E-state index contributed by atoms with van der Waals surface area (Å²) in [5.41, 5.74) is 0.918. The summed E-state index contributed by atoms with van der Waals surface area (Å²) in [5, 5.41) is 2.77. The van der Waals surface area contributed by atoms with Gasteiger partial charge in [0.05, 0.1) is 30.1 Å². The van der Waals surface area contributed by atoms with Crippen molar-refractivity contribution in [1.82, 2.24) is 9.88 Å². The van der Waals surface area contributed by atoms with E-state index in [0.29, 0.717) is 36.6 Å². The first kappa shape index (κ1) is 24.8. The molecule has 0 spiro atoms. The second-order valence-corrected chi connectivity index (χ2v) is 10.5. The number of carbonyl (C=O) groups is 3. The second kappa shape index (κ2) is 9.37. The van der Waals surface area contributed by atoms with Gasteiger partial charge in [-0.15, -0.1) is 0 Å². The van der Waals surface area contributed by atoms with E-state index in [1.165, 1.54) is 6.07 Å². The quantitative estimate of drug-likeness (QED) is 0.589. The highest BCUT2D eigenvalue weighted by atomic mass is 19.4. The molecule has 1 N–H and O–H groups in total. The number of pyridine rings is 1. The van der Waals surface area contributed by atoms with Gasteiger partial charge >= 0.3 is 6.18 Å². The first-order valence-electron chi connectivity index (χ1n) is 12.9. The lowest BCUT2D eigenvalue weighted by Crippen LogP contribution is -2.38. The lowest BCUT2D eigenvalue weighted by molar-refractivity contribution is -0.141. The lowest BCUT2D eigenvalue weighted by Gasteiger charge is -2.33. The minimum Gasteiger partial charge on any atom is -0.374 e. The van der Waals surface area contributed by atoms with Crippen LogP contribution >= 0.6 is 0 Å². The van der Waals surface area contributed by atoms with Crippen molar-refractivity contribution < 1.29 is 32.3 Å². The number of amides is 2. The van der Waals surface area contributed by atoms with Crippen molar-refractivity contribution in [2.75, 3.05) is 23.4 Å². The third-order valence-corrected chi connectivity index (χ3v) is 8.16. The molecule has 0 unspecified atom stereocenters. The number of nitrogens with one attached hydrogen (secondary N) is 1. The SMILES string of the molecule is O=CC1CCC(N2Cc3cc(NC(=O)c4cccc(C(F)(F)F)n4)c(N4C[C@H]5C[C@@H]4CO5)cc3C2=O)CC1. The number of morpholine rings is 1. The molecule has 1 aromatic carbocycles. The van der Waals surface area contributed by atoms with Crippen molar-refractivity contribution in [3.05, 3.63) is 52.8 Å². The van der Waals surface area contributed by atoms with Gasteiger partial charge in [0.2, 0.25) is 0 Å². The van der Waals surface area contributed by atoms with Gasteiger partial charge < -0.3 is 24.6 Å². The number of rotatable bonds is 5. The molecule has 2 aromatic rings. The number of alkyl halides is 3. The van der Waals surface area contributed by atoms with E-state index >= 15 is 0 Å². The van der Waals surface area contributed by atoms with Crippen molar-refractivity contribution in [2.24, 2.45) is 5.92 Å². The zero-order valence-corrected chi connectivity index (χ0v) is 20.5. The van der Waals surface area contributed by atoms with Crippen molar-refractivity contribution in [1.29, 1.82) is 0 Å². The Kier molecular flexibility index (Phi) is 6.13. The summed E-state index contributed by atoms with van der Waals surface area (Å²) in [7, 11) is 0. The molecular weight excluding hydrogens is 501 g/mol. The van der Waals surface area contributed by atoms with E-state index in [2.05, 4.69) is 15.2 Å². The molecule has 38 heavy (non-hydrogen) atoms. The average molecular weight is 529 g/mol. The number of nitrogens with zero attached hydrogens (tertiary/aromatic N) is 3. The lowest BCUT2D eigenvalue weighted by atomic mass is 9.86. The standard InChI is InChI=1S/C27H27F3N4O4/c28-27(29,30)24-3-1-2-21(31-24)25(36)32-22-8-16-11-34(17-6-4-15(13-35)5-7-17)26(37)20(16)10-23(22)33-12-19-9-18(33)14-38-19/h1-3,8,10,13,15,17-19H,4-7,9,11-12,14H2,(H,32,36)/t15?,17?,18-,19-/m1/s1. The molecule has 2 amide bonds. The van der Waals surface area contributed by atoms with Crippen LogP contribution in [0.25, 0.3) is 0 Å². The van der Waals surface area contributed by atoms with E-state index < -0.39 is 17.8 Å². The highest BCUT2D eigenvalue weighted by Gasteiger charge is 2.42. The Labute approximate surface area is 217 Å². The van der Waals surface area contributed by atoms with Crippen LogP contribution in [0, 0.1) is 5.92 Å². The van der Waals surface area contributed by atoms with Crippen LogP contribution in [0.4, 0.5) is 24.5 Å². The van der Waals surface area contributed by atoms with Crippen LogP contribution in [0.15, 0.2) is 30.3 Å². The molecule has 200 valence electrons. The molecule has 4 aliphatic rings. The second-order valence-electron chi connectivity index (χ2n) is 10.5. The first-order valence-corrected chi connectivity index (χ1v) is 12.9. The molecule has 2 bridgehead atoms. The summed E-state index contributed by atoms with van der Waals surface area (Å²) in [5.74, 6) is -0.794. The topological polar surface area (TPSA) is 91.8 Å². The van der Waals surface area contributed by atoms with E-state index in [0.717, 1.165) is 56.1 Å². The van der Waals surface area contributed by atoms with Crippen LogP contribution in [0.2, 0.25) is 0 Å². The number of aldehydes is 1. The maximum atomic E-state index is 13.5. The van der Waals surface area contributed by atoms with Gasteiger partial charge in [-0.2, -0.15) is 13.2 Å². The third-order valence-electron chi connectivity index (χ3n) is 8.16. The normalized spacial score (nSPS) is 26.6. The molecule has 8 nitrogen and oxygen atoms in total. The number of hydrogen-bond acceptors (Lipinski definition) is 6. The largest absolute Gasteiger partial charge is 0.433 e. The number of benzene rings is 1. The summed E-state index contributed by atoms with van der Waals surface area (Å²) in [4.78, 5) is 45.2. The first-order chi connectivity index (χ1) is 18.2. The minimum absolute atomic E-state index is 0.0389. The zero-order chi connectivity index (χ0) is 26.6. The maximum absolute atomic E-state index is 13.5. The van der Waals surface area contributed by atoms with Crippen LogP contribution in [0.1, 0.15) is 64.2 Å². The Morgan fingerprint density at radius 1 is 1.11 bits per heavy atom. The Balaban J connectivity index is 1.31. The Bertz CT molecular complexity index is 1290. The highest BCUT2D eigenvalue weighted by Crippen LogP contribution is 2.41. The monoisotopic (exact) mass is 528 g/mol. The summed E-state index contributed by atoms with van der Waals surface area (Å²) < 4.78 is 45.2. The van der Waals surface area contributed by atoms with Crippen molar-refractivity contribution in [3.63, 3.8) is 0 Å². The van der Waals surface area contributed by atoms with Crippen LogP contribution in [-0.4, -0.2) is 59.3 Å². The molecule has 1 saturated carbocycles. The van der Waals surface area contributed by atoms with Crippen LogP contribution < -0.4 is 10.2 Å². The molecule has 6 rings (SSSR count). The highest BCUT2D eigenvalue weighted by molar-refractivity contribution is 6.07. The van der Waals surface area contributed by atoms with Gasteiger partial charge in [0.1, 0.15) is 17.7 Å². The fourth-order valence-electron chi connectivity index (χ4n) is 6.16. The number of aromatic nitrogens is 1. The van der Waals surface area contributed by atoms with Crippen LogP contribution in [0.3, 0.4) is 0 Å². The number of anilines is 2. The fraction of sp³-hybridized carbons (Fsp3) is 0.481. The van der Waals surface area contributed by atoms with Crippen LogP contribution in [-0.2, 0) is 22.3 Å². The molecule has 2 atom stereocenters. The number of fused-ring (bicyclic) bond motifs is 3. The van der Waals surface area contributed by atoms with Crippen LogP contribution in [0.5, 0.6) is 0 Å². The van der Waals surface area contributed by atoms with E-state index in [1.54, 1.807) is 12.1 Å². The van der Waals surface area contributed by atoms with Crippen molar-refractivity contribution >= 4 is 29.5 Å². The summed E-state index contributed by atoms with van der Waals surface area (Å²) in [6.45, 7) is 1.51. The van der Waals surface area contributed by atoms with Gasteiger partial charge in [0.15, 0.2) is 0 Å². The summed E-state index contributed by atoms with van der Waals surface area (Å²) in [6.07, 6.45) is 0.232. The molecule has 1 aliphatic carbocycles. The van der Waals surface area contributed by atoms with Crippen molar-refractivity contribution in [2.45, 2.75) is 63.0 Å². The summed E-state index contributed by atoms with van der Waals surface area (Å²) in [6, 6.07) is 6.90. The van der Waals surface area contributed by atoms with Gasteiger partial charge in [-0.1, -0.05) is 6.07 Å². The number of hydrogen-bond donors (Lipinski definition) is 1. The predicted molar refractivity (Wildman–Crippen MR) is 131 cm³/mol. The minimum atomic E-state index is -4.67. The Morgan fingerprint density at radius 2 is 1.89 bits per heavy atom. The third kappa shape index (κ3) is 4.42. The van der Waals surface area contributed by atoms with Gasteiger partial charge in [-0.05, 0) is 61.9 Å². The molecule has 11 heteroatoms. The van der Waals surface area contributed by atoms with E-state index in [-0.39, 0.29) is 35.7 Å². The average Bonchev–Trinajstić information content (AvgIpc) is 3.63. The molecule has 0 radical (unpaired) electrons. The van der Waals surface area contributed by atoms with E-state index in [9.17, 15) is 27.6 Å². The van der Waals surface area contributed by atoms with E-state index in [4.69, 9.17) is 4.74 Å². The Morgan fingerprint density at radius 3 is 2.55 bits per heavy atom. The molecular formula is C27H27F3N4O4. The zero-order valence-electron chi connectivity index (χ0n) is 20.5. The fourth-order valence-corrected chi connectivity index (χ4v) is 6.16. The van der Waals surface area contributed by atoms with Gasteiger partial charge in [0.25, 0.3) is 11.8 Å². The number of carbonyl (C=O) groups excluding carboxylic acids is 3.